The Morgan fingerprint density at radius 2 is 2.08 bits per heavy atom. The second-order valence-corrected chi connectivity index (χ2v) is 3.42. The van der Waals surface area contributed by atoms with Crippen molar-refractivity contribution < 1.29 is 14.3 Å². The van der Waals surface area contributed by atoms with E-state index in [2.05, 4.69) is 0 Å². The largest absolute Gasteiger partial charge is 0.469 e. The summed E-state index contributed by atoms with van der Waals surface area (Å²) in [6.45, 7) is 0. The van der Waals surface area contributed by atoms with Crippen LogP contribution >= 0.6 is 0 Å². The fraction of sp³-hybridized carbons (Fsp3) is 0.889. The highest BCUT2D eigenvalue weighted by Gasteiger charge is 2.36. The number of esters is 1. The maximum atomic E-state index is 11.3. The van der Waals surface area contributed by atoms with Gasteiger partial charge in [-0.05, 0) is 12.8 Å². The number of methoxy groups -OCH3 is 2. The lowest BCUT2D eigenvalue weighted by atomic mass is 9.83. The van der Waals surface area contributed by atoms with Crippen molar-refractivity contribution in [3.05, 3.63) is 0 Å². The van der Waals surface area contributed by atoms with Gasteiger partial charge in [-0.1, -0.05) is 6.42 Å². The molecule has 0 spiro atoms. The fourth-order valence-corrected chi connectivity index (χ4v) is 1.94. The van der Waals surface area contributed by atoms with Crippen LogP contribution in [-0.2, 0) is 14.3 Å². The second-order valence-electron chi connectivity index (χ2n) is 3.42. The van der Waals surface area contributed by atoms with E-state index in [-0.39, 0.29) is 24.0 Å². The van der Waals surface area contributed by atoms with Gasteiger partial charge in [0.2, 0.25) is 0 Å². The van der Waals surface area contributed by atoms with Gasteiger partial charge in [-0.15, -0.1) is 0 Å². The molecule has 0 amide bonds. The third-order valence-electron chi connectivity index (χ3n) is 2.65. The predicted octanol–water partition coefficient (Wildman–Crippen LogP) is 0.302. The predicted molar refractivity (Wildman–Crippen MR) is 48.1 cm³/mol. The van der Waals surface area contributed by atoms with Crippen molar-refractivity contribution in [2.75, 3.05) is 14.2 Å². The normalized spacial score (nSPS) is 34.2. The summed E-state index contributed by atoms with van der Waals surface area (Å²) in [5, 5.41) is 0. The number of hydrogen-bond acceptors (Lipinski definition) is 4. The van der Waals surface area contributed by atoms with Crippen LogP contribution in [0, 0.1) is 5.92 Å². The van der Waals surface area contributed by atoms with Crippen molar-refractivity contribution in [3.8, 4) is 0 Å². The monoisotopic (exact) mass is 187 g/mol. The van der Waals surface area contributed by atoms with Gasteiger partial charge in [0.15, 0.2) is 0 Å². The summed E-state index contributed by atoms with van der Waals surface area (Å²) >= 11 is 0. The van der Waals surface area contributed by atoms with Gasteiger partial charge in [-0.2, -0.15) is 0 Å². The highest BCUT2D eigenvalue weighted by Crippen LogP contribution is 2.26. The molecular weight excluding hydrogens is 170 g/mol. The van der Waals surface area contributed by atoms with Crippen molar-refractivity contribution in [2.24, 2.45) is 11.7 Å². The number of rotatable bonds is 2. The van der Waals surface area contributed by atoms with Crippen LogP contribution in [0.1, 0.15) is 19.3 Å². The molecule has 2 N–H and O–H groups in total. The maximum Gasteiger partial charge on any atom is 0.311 e. The van der Waals surface area contributed by atoms with Gasteiger partial charge >= 0.3 is 5.97 Å². The van der Waals surface area contributed by atoms with E-state index in [0.717, 1.165) is 19.3 Å². The quantitative estimate of drug-likeness (QED) is 0.632. The Morgan fingerprint density at radius 3 is 2.62 bits per heavy atom. The van der Waals surface area contributed by atoms with Crippen LogP contribution in [0.25, 0.3) is 0 Å². The Morgan fingerprint density at radius 1 is 1.38 bits per heavy atom. The van der Waals surface area contributed by atoms with Crippen molar-refractivity contribution >= 4 is 5.97 Å². The number of carbonyl (C=O) groups is 1. The molecule has 1 saturated carbocycles. The molecule has 13 heavy (non-hydrogen) atoms. The average Bonchev–Trinajstić information content (AvgIpc) is 2.16. The van der Waals surface area contributed by atoms with Crippen LogP contribution < -0.4 is 5.73 Å². The Hall–Kier alpha value is -0.610. The molecule has 4 nitrogen and oxygen atoms in total. The van der Waals surface area contributed by atoms with Gasteiger partial charge < -0.3 is 15.2 Å². The summed E-state index contributed by atoms with van der Waals surface area (Å²) in [7, 11) is 2.99. The lowest BCUT2D eigenvalue weighted by molar-refractivity contribution is -0.153. The maximum absolute atomic E-state index is 11.3. The lowest BCUT2D eigenvalue weighted by Crippen LogP contribution is -2.47. The molecule has 0 aromatic rings. The Balaban J connectivity index is 2.64. The first kappa shape index (κ1) is 10.5. The van der Waals surface area contributed by atoms with E-state index in [4.69, 9.17) is 15.2 Å². The van der Waals surface area contributed by atoms with Crippen molar-refractivity contribution in [3.63, 3.8) is 0 Å². The summed E-state index contributed by atoms with van der Waals surface area (Å²) in [5.74, 6) is -0.388. The standard InChI is InChI=1S/C9H17NO3/c1-12-8-6(9(11)13-2)4-3-5-7(8)10/h6-8H,3-5,10H2,1-2H3/t6-,7?,8-/m0/s1. The summed E-state index contributed by atoms with van der Waals surface area (Å²) in [6, 6.07) is -0.0390. The second kappa shape index (κ2) is 4.58. The van der Waals surface area contributed by atoms with E-state index in [1.54, 1.807) is 7.11 Å². The van der Waals surface area contributed by atoms with Gasteiger partial charge in [0.1, 0.15) is 0 Å². The van der Waals surface area contributed by atoms with E-state index in [9.17, 15) is 4.79 Å². The molecule has 0 saturated heterocycles. The Kier molecular flexibility index (Phi) is 3.69. The molecule has 0 aliphatic heterocycles. The highest BCUT2D eigenvalue weighted by atomic mass is 16.5. The molecule has 0 radical (unpaired) electrons. The minimum Gasteiger partial charge on any atom is -0.469 e. The first-order valence-corrected chi connectivity index (χ1v) is 4.57. The zero-order valence-corrected chi connectivity index (χ0v) is 8.16. The SMILES string of the molecule is COC(=O)[C@H]1CCCC(N)[C@H]1OC. The molecule has 1 fully saturated rings. The molecule has 1 rings (SSSR count). The smallest absolute Gasteiger partial charge is 0.311 e. The van der Waals surface area contributed by atoms with Gasteiger partial charge in [-0.25, -0.2) is 0 Å². The zero-order valence-electron chi connectivity index (χ0n) is 8.16. The summed E-state index contributed by atoms with van der Waals surface area (Å²) in [4.78, 5) is 11.3. The molecule has 0 aromatic heterocycles. The summed E-state index contributed by atoms with van der Waals surface area (Å²) in [5.41, 5.74) is 5.84. The fourth-order valence-electron chi connectivity index (χ4n) is 1.94. The van der Waals surface area contributed by atoms with Crippen molar-refractivity contribution in [1.82, 2.24) is 0 Å². The molecule has 1 unspecified atom stereocenters. The molecule has 0 bridgehead atoms. The Bertz CT molecular complexity index is 184. The first-order valence-electron chi connectivity index (χ1n) is 4.57. The van der Waals surface area contributed by atoms with Gasteiger partial charge in [0.25, 0.3) is 0 Å². The number of ether oxygens (including phenoxy) is 2. The average molecular weight is 187 g/mol. The lowest BCUT2D eigenvalue weighted by Gasteiger charge is -2.33. The van der Waals surface area contributed by atoms with Gasteiger partial charge in [-0.3, -0.25) is 4.79 Å². The molecule has 1 aliphatic carbocycles. The van der Waals surface area contributed by atoms with E-state index >= 15 is 0 Å². The molecule has 4 heteroatoms. The third-order valence-corrected chi connectivity index (χ3v) is 2.65. The van der Waals surface area contributed by atoms with Crippen LogP contribution in [0.2, 0.25) is 0 Å². The summed E-state index contributed by atoms with van der Waals surface area (Å²) < 4.78 is 9.91. The molecule has 3 atom stereocenters. The molecule has 0 heterocycles. The highest BCUT2D eigenvalue weighted by molar-refractivity contribution is 5.73. The van der Waals surface area contributed by atoms with Crippen molar-refractivity contribution in [1.29, 1.82) is 0 Å². The number of carbonyl (C=O) groups excluding carboxylic acids is 1. The van der Waals surface area contributed by atoms with Crippen molar-refractivity contribution in [2.45, 2.75) is 31.4 Å². The van der Waals surface area contributed by atoms with Crippen LogP contribution in [0.3, 0.4) is 0 Å². The molecule has 76 valence electrons. The first-order chi connectivity index (χ1) is 6.20. The van der Waals surface area contributed by atoms with Crippen LogP contribution in [0.4, 0.5) is 0 Å². The topological polar surface area (TPSA) is 61.5 Å². The van der Waals surface area contributed by atoms with E-state index in [1.807, 2.05) is 0 Å². The van der Waals surface area contributed by atoms with E-state index < -0.39 is 0 Å². The van der Waals surface area contributed by atoms with Gasteiger partial charge in [0, 0.05) is 13.2 Å². The van der Waals surface area contributed by atoms with Crippen LogP contribution in [0.15, 0.2) is 0 Å². The number of hydrogen-bond donors (Lipinski definition) is 1. The van der Waals surface area contributed by atoms with Crippen LogP contribution in [0.5, 0.6) is 0 Å². The molecular formula is C9H17NO3. The van der Waals surface area contributed by atoms with Gasteiger partial charge in [0.05, 0.1) is 19.1 Å². The van der Waals surface area contributed by atoms with E-state index in [1.165, 1.54) is 7.11 Å². The molecule has 1 aliphatic rings. The molecule has 0 aromatic carbocycles. The minimum atomic E-state index is -0.206. The Labute approximate surface area is 78.4 Å². The van der Waals surface area contributed by atoms with E-state index in [0.29, 0.717) is 0 Å². The van der Waals surface area contributed by atoms with Crippen LogP contribution in [-0.4, -0.2) is 32.3 Å². The third kappa shape index (κ3) is 2.19. The number of nitrogens with two attached hydrogens (primary N) is 1. The zero-order chi connectivity index (χ0) is 9.84. The minimum absolute atomic E-state index is 0.0390. The summed E-state index contributed by atoms with van der Waals surface area (Å²) in [6.07, 6.45) is 2.53.